The van der Waals surface area contributed by atoms with Gasteiger partial charge in [-0.2, -0.15) is 0 Å². The number of nitro groups is 1. The van der Waals surface area contributed by atoms with Gasteiger partial charge in [0.05, 0.1) is 36.6 Å². The number of methoxy groups -OCH3 is 1. The van der Waals surface area contributed by atoms with Gasteiger partial charge in [0.15, 0.2) is 10.9 Å². The van der Waals surface area contributed by atoms with E-state index in [2.05, 4.69) is 9.88 Å². The molecular formula is C19H21ClN4O6S. The first-order valence-electron chi connectivity index (χ1n) is 9.36. The number of ether oxygens (including phenoxy) is 2. The highest BCUT2D eigenvalue weighted by Crippen LogP contribution is 2.32. The molecule has 0 unspecified atom stereocenters. The van der Waals surface area contributed by atoms with Gasteiger partial charge in [-0.3, -0.25) is 24.7 Å². The number of furan rings is 1. The van der Waals surface area contributed by atoms with Crippen molar-refractivity contribution in [2.24, 2.45) is 0 Å². The summed E-state index contributed by atoms with van der Waals surface area (Å²) in [5, 5.41) is 11.4. The smallest absolute Gasteiger partial charge is 0.433 e. The third-order valence-corrected chi connectivity index (χ3v) is 5.83. The molecule has 0 N–H and O–H groups in total. The summed E-state index contributed by atoms with van der Waals surface area (Å²) in [6.07, 6.45) is 0. The van der Waals surface area contributed by atoms with Crippen molar-refractivity contribution in [3.8, 4) is 5.75 Å². The van der Waals surface area contributed by atoms with Crippen LogP contribution in [0.5, 0.6) is 5.75 Å². The summed E-state index contributed by atoms with van der Waals surface area (Å²) in [6.45, 7) is 3.86. The highest BCUT2D eigenvalue weighted by molar-refractivity contribution is 7.22. The molecule has 0 saturated carbocycles. The number of hydrogen-bond acceptors (Lipinski definition) is 9. The standard InChI is InChI=1S/C19H20N4O6S.ClH/c1-27-13-2-3-14-16(12-13)30-19(20-14)22(7-6-21-8-10-28-11-9-21)18(24)15-4-5-17(29-15)23(25)26;/h2-5,12H,6-11H2,1H3;1H. The first-order valence-corrected chi connectivity index (χ1v) is 10.2. The van der Waals surface area contributed by atoms with Crippen molar-refractivity contribution >= 4 is 50.9 Å². The lowest BCUT2D eigenvalue weighted by atomic mass is 10.3. The Balaban J connectivity index is 0.00000272. The predicted molar refractivity (Wildman–Crippen MR) is 118 cm³/mol. The van der Waals surface area contributed by atoms with E-state index < -0.39 is 16.7 Å². The second kappa shape index (κ2) is 10.1. The molecule has 3 aromatic rings. The molecule has 12 heteroatoms. The first-order chi connectivity index (χ1) is 14.5. The van der Waals surface area contributed by atoms with Crippen LogP contribution in [-0.2, 0) is 4.74 Å². The van der Waals surface area contributed by atoms with Crippen LogP contribution >= 0.6 is 23.7 Å². The van der Waals surface area contributed by atoms with E-state index in [0.717, 1.165) is 23.3 Å². The van der Waals surface area contributed by atoms with Gasteiger partial charge in [0.1, 0.15) is 10.7 Å². The van der Waals surface area contributed by atoms with Gasteiger partial charge >= 0.3 is 5.88 Å². The predicted octanol–water partition coefficient (Wildman–Crippen LogP) is 3.21. The Morgan fingerprint density at radius 3 is 2.77 bits per heavy atom. The molecule has 31 heavy (non-hydrogen) atoms. The molecule has 1 saturated heterocycles. The second-order valence-electron chi connectivity index (χ2n) is 6.64. The molecule has 4 rings (SSSR count). The fraction of sp³-hybridized carbons (Fsp3) is 0.368. The number of hydrogen-bond donors (Lipinski definition) is 0. The van der Waals surface area contributed by atoms with Gasteiger partial charge in [-0.1, -0.05) is 11.3 Å². The molecule has 0 aliphatic carbocycles. The highest BCUT2D eigenvalue weighted by Gasteiger charge is 2.27. The zero-order valence-corrected chi connectivity index (χ0v) is 18.3. The zero-order valence-electron chi connectivity index (χ0n) is 16.7. The van der Waals surface area contributed by atoms with Crippen LogP contribution in [0.25, 0.3) is 10.2 Å². The second-order valence-corrected chi connectivity index (χ2v) is 7.64. The monoisotopic (exact) mass is 468 g/mol. The molecule has 0 bridgehead atoms. The van der Waals surface area contributed by atoms with E-state index in [0.29, 0.717) is 37.2 Å². The first kappa shape index (κ1) is 22.9. The molecule has 2 aromatic heterocycles. The van der Waals surface area contributed by atoms with E-state index in [4.69, 9.17) is 13.9 Å². The molecule has 0 radical (unpaired) electrons. The van der Waals surface area contributed by atoms with Gasteiger partial charge in [0.25, 0.3) is 5.91 Å². The number of rotatable bonds is 7. The van der Waals surface area contributed by atoms with Crippen molar-refractivity contribution in [1.82, 2.24) is 9.88 Å². The van der Waals surface area contributed by atoms with Crippen LogP contribution in [0.2, 0.25) is 0 Å². The SMILES string of the molecule is COc1ccc2nc(N(CCN3CCOCC3)C(=O)c3ccc([N+](=O)[O-])o3)sc2c1.Cl. The summed E-state index contributed by atoms with van der Waals surface area (Å²) in [5.41, 5.74) is 0.741. The quantitative estimate of drug-likeness (QED) is 0.384. The van der Waals surface area contributed by atoms with Crippen molar-refractivity contribution in [1.29, 1.82) is 0 Å². The number of aromatic nitrogens is 1. The molecule has 1 amide bonds. The number of nitrogens with zero attached hydrogens (tertiary/aromatic N) is 4. The number of morpholine rings is 1. The summed E-state index contributed by atoms with van der Waals surface area (Å²) in [6, 6.07) is 7.99. The Kier molecular flexibility index (Phi) is 7.44. The summed E-state index contributed by atoms with van der Waals surface area (Å²) < 4.78 is 16.7. The maximum atomic E-state index is 13.2. The molecule has 1 aliphatic heterocycles. The van der Waals surface area contributed by atoms with Gasteiger partial charge in [0.2, 0.25) is 0 Å². The molecule has 10 nitrogen and oxygen atoms in total. The Labute approximate surface area is 187 Å². The van der Waals surface area contributed by atoms with Crippen LogP contribution in [0.4, 0.5) is 11.0 Å². The topological polar surface area (TPSA) is 111 Å². The van der Waals surface area contributed by atoms with Crippen molar-refractivity contribution in [3.63, 3.8) is 0 Å². The van der Waals surface area contributed by atoms with E-state index in [1.54, 1.807) is 7.11 Å². The number of carbonyl (C=O) groups is 1. The molecule has 0 spiro atoms. The minimum Gasteiger partial charge on any atom is -0.497 e. The fourth-order valence-electron chi connectivity index (χ4n) is 3.16. The third-order valence-electron chi connectivity index (χ3n) is 4.79. The normalized spacial score (nSPS) is 14.2. The number of halogens is 1. The maximum absolute atomic E-state index is 13.2. The lowest BCUT2D eigenvalue weighted by Gasteiger charge is -2.28. The average Bonchev–Trinajstić information content (AvgIpc) is 3.41. The van der Waals surface area contributed by atoms with Gasteiger partial charge in [-0.25, -0.2) is 4.98 Å². The number of amides is 1. The van der Waals surface area contributed by atoms with Crippen LogP contribution in [0.3, 0.4) is 0 Å². The minimum atomic E-state index is -0.668. The van der Waals surface area contributed by atoms with Gasteiger partial charge in [-0.15, -0.1) is 12.4 Å². The van der Waals surface area contributed by atoms with Crippen molar-refractivity contribution < 1.29 is 23.6 Å². The van der Waals surface area contributed by atoms with E-state index in [1.165, 1.54) is 28.4 Å². The molecule has 166 valence electrons. The Morgan fingerprint density at radius 2 is 2.10 bits per heavy atom. The number of benzene rings is 1. The van der Waals surface area contributed by atoms with Gasteiger partial charge in [0, 0.05) is 26.2 Å². The largest absolute Gasteiger partial charge is 0.497 e. The summed E-state index contributed by atoms with van der Waals surface area (Å²) >= 11 is 1.35. The third kappa shape index (κ3) is 5.13. The average molecular weight is 469 g/mol. The van der Waals surface area contributed by atoms with Crippen molar-refractivity contribution in [3.05, 3.63) is 46.2 Å². The van der Waals surface area contributed by atoms with E-state index in [-0.39, 0.29) is 18.2 Å². The van der Waals surface area contributed by atoms with Crippen LogP contribution in [0.1, 0.15) is 10.6 Å². The van der Waals surface area contributed by atoms with Crippen molar-refractivity contribution in [2.45, 2.75) is 0 Å². The van der Waals surface area contributed by atoms with E-state index in [1.807, 2.05) is 18.2 Å². The lowest BCUT2D eigenvalue weighted by molar-refractivity contribution is -0.402. The van der Waals surface area contributed by atoms with Crippen LogP contribution in [-0.4, -0.2) is 67.2 Å². The number of carbonyl (C=O) groups excluding carboxylic acids is 1. The van der Waals surface area contributed by atoms with Crippen LogP contribution < -0.4 is 9.64 Å². The summed E-state index contributed by atoms with van der Waals surface area (Å²) in [7, 11) is 1.59. The number of fused-ring (bicyclic) bond motifs is 1. The Morgan fingerprint density at radius 1 is 1.32 bits per heavy atom. The molecule has 1 aliphatic rings. The van der Waals surface area contributed by atoms with Crippen molar-refractivity contribution in [2.75, 3.05) is 51.4 Å². The summed E-state index contributed by atoms with van der Waals surface area (Å²) in [5.74, 6) is -0.339. The molecule has 3 heterocycles. The minimum absolute atomic E-state index is 0. The van der Waals surface area contributed by atoms with Gasteiger partial charge < -0.3 is 13.9 Å². The van der Waals surface area contributed by atoms with Gasteiger partial charge in [-0.05, 0) is 24.3 Å². The molecule has 0 atom stereocenters. The number of anilines is 1. The highest BCUT2D eigenvalue weighted by atomic mass is 35.5. The lowest BCUT2D eigenvalue weighted by Crippen LogP contribution is -2.43. The maximum Gasteiger partial charge on any atom is 0.433 e. The fourth-order valence-corrected chi connectivity index (χ4v) is 4.18. The van der Waals surface area contributed by atoms with Crippen LogP contribution in [0.15, 0.2) is 34.7 Å². The molecule has 1 aromatic carbocycles. The Hall–Kier alpha value is -2.73. The van der Waals surface area contributed by atoms with Crippen LogP contribution in [0, 0.1) is 10.1 Å². The summed E-state index contributed by atoms with van der Waals surface area (Å²) in [4.78, 5) is 31.7. The molecule has 1 fully saturated rings. The van der Waals surface area contributed by atoms with E-state index in [9.17, 15) is 14.9 Å². The van der Waals surface area contributed by atoms with E-state index >= 15 is 0 Å². The molecular weight excluding hydrogens is 448 g/mol. The zero-order chi connectivity index (χ0) is 21.1. The number of thiazole rings is 1. The Bertz CT molecular complexity index is 1060.